The van der Waals surface area contributed by atoms with E-state index in [0.717, 1.165) is 16.9 Å². The minimum Gasteiger partial charge on any atom is -0.360 e. The Labute approximate surface area is 162 Å². The van der Waals surface area contributed by atoms with E-state index in [2.05, 4.69) is 38.0 Å². The molecular weight excluding hydrogens is 336 g/mol. The van der Waals surface area contributed by atoms with Crippen LogP contribution in [0, 0.1) is 0 Å². The Morgan fingerprint density at radius 3 is 1.89 bits per heavy atom. The fourth-order valence-electron chi connectivity index (χ4n) is 2.57. The van der Waals surface area contributed by atoms with E-state index in [9.17, 15) is 4.79 Å². The van der Waals surface area contributed by atoms with E-state index in [1.165, 1.54) is 5.56 Å². The highest BCUT2D eigenvalue weighted by Gasteiger charge is 2.17. The topological polar surface area (TPSA) is 50.4 Å². The van der Waals surface area contributed by atoms with Gasteiger partial charge in [0, 0.05) is 24.1 Å². The van der Waals surface area contributed by atoms with E-state index in [-0.39, 0.29) is 11.3 Å². The second-order valence-corrected chi connectivity index (χ2v) is 8.18. The summed E-state index contributed by atoms with van der Waals surface area (Å²) in [6.07, 6.45) is 0. The Hall–Kier alpha value is -2.59. The lowest BCUT2D eigenvalue weighted by Gasteiger charge is -2.27. The maximum atomic E-state index is 12.5. The Balaban J connectivity index is 2.04. The van der Waals surface area contributed by atoms with Crippen LogP contribution in [0.1, 0.15) is 56.1 Å². The molecule has 2 rings (SSSR count). The summed E-state index contributed by atoms with van der Waals surface area (Å²) in [6.45, 7) is 14.4. The standard InChI is InChI=1S/C23H30N2O2/c1-16(25-23(5,6)27-7)17-8-10-18(11-9-17)21(26)24-20-14-12-19(13-15-20)22(2,3)4/h8-15,25H,1H2,2-7H3,(H,24,26). The molecule has 27 heavy (non-hydrogen) atoms. The zero-order chi connectivity index (χ0) is 20.2. The van der Waals surface area contributed by atoms with E-state index in [0.29, 0.717) is 5.56 Å². The Bertz CT molecular complexity index is 798. The molecule has 0 heterocycles. The molecule has 2 N–H and O–H groups in total. The van der Waals surface area contributed by atoms with Crippen LogP contribution in [0.5, 0.6) is 0 Å². The number of methoxy groups -OCH3 is 1. The number of ether oxygens (including phenoxy) is 1. The quantitative estimate of drug-likeness (QED) is 0.693. The molecule has 0 aliphatic rings. The Morgan fingerprint density at radius 1 is 0.889 bits per heavy atom. The largest absolute Gasteiger partial charge is 0.360 e. The van der Waals surface area contributed by atoms with Crippen LogP contribution in [0.2, 0.25) is 0 Å². The highest BCUT2D eigenvalue weighted by atomic mass is 16.5. The lowest BCUT2D eigenvalue weighted by molar-refractivity contribution is 0.00735. The second-order valence-electron chi connectivity index (χ2n) is 8.18. The average molecular weight is 367 g/mol. The van der Waals surface area contributed by atoms with Gasteiger partial charge in [0.05, 0.1) is 0 Å². The molecule has 0 saturated heterocycles. The molecule has 0 atom stereocenters. The Morgan fingerprint density at radius 2 is 1.41 bits per heavy atom. The van der Waals surface area contributed by atoms with Crippen molar-refractivity contribution in [1.82, 2.24) is 5.32 Å². The fraction of sp³-hybridized carbons (Fsp3) is 0.348. The number of carbonyl (C=O) groups excluding carboxylic acids is 1. The summed E-state index contributed by atoms with van der Waals surface area (Å²) < 4.78 is 5.35. The first kappa shape index (κ1) is 20.7. The summed E-state index contributed by atoms with van der Waals surface area (Å²) in [5.74, 6) is -0.138. The van der Waals surface area contributed by atoms with Crippen molar-refractivity contribution < 1.29 is 9.53 Å². The van der Waals surface area contributed by atoms with Gasteiger partial charge in [-0.25, -0.2) is 0 Å². The first-order valence-electron chi connectivity index (χ1n) is 9.06. The van der Waals surface area contributed by atoms with Gasteiger partial charge in [-0.15, -0.1) is 0 Å². The summed E-state index contributed by atoms with van der Waals surface area (Å²) >= 11 is 0. The molecular formula is C23H30N2O2. The van der Waals surface area contributed by atoms with Crippen molar-refractivity contribution in [2.75, 3.05) is 12.4 Å². The molecule has 0 saturated carbocycles. The van der Waals surface area contributed by atoms with Crippen LogP contribution in [-0.2, 0) is 10.2 Å². The molecule has 0 radical (unpaired) electrons. The summed E-state index contributed by atoms with van der Waals surface area (Å²) in [4.78, 5) is 12.5. The van der Waals surface area contributed by atoms with Gasteiger partial charge in [-0.1, -0.05) is 51.6 Å². The van der Waals surface area contributed by atoms with Crippen LogP contribution in [-0.4, -0.2) is 18.7 Å². The predicted molar refractivity (Wildman–Crippen MR) is 113 cm³/mol. The number of hydrogen-bond acceptors (Lipinski definition) is 3. The predicted octanol–water partition coefficient (Wildman–Crippen LogP) is 5.18. The maximum Gasteiger partial charge on any atom is 0.255 e. The van der Waals surface area contributed by atoms with Crippen LogP contribution in [0.25, 0.3) is 5.70 Å². The third kappa shape index (κ3) is 5.69. The zero-order valence-corrected chi connectivity index (χ0v) is 17.1. The minimum absolute atomic E-state index is 0.0895. The van der Waals surface area contributed by atoms with Crippen LogP contribution in [0.15, 0.2) is 55.1 Å². The van der Waals surface area contributed by atoms with Gasteiger partial charge < -0.3 is 15.4 Å². The number of benzene rings is 2. The molecule has 4 heteroatoms. The third-order valence-electron chi connectivity index (χ3n) is 4.47. The lowest BCUT2D eigenvalue weighted by atomic mass is 9.87. The van der Waals surface area contributed by atoms with E-state index >= 15 is 0 Å². The van der Waals surface area contributed by atoms with Crippen molar-refractivity contribution in [3.8, 4) is 0 Å². The van der Waals surface area contributed by atoms with E-state index < -0.39 is 5.72 Å². The normalized spacial score (nSPS) is 11.8. The molecule has 2 aromatic carbocycles. The zero-order valence-electron chi connectivity index (χ0n) is 17.1. The van der Waals surface area contributed by atoms with Crippen molar-refractivity contribution >= 4 is 17.3 Å². The molecule has 1 amide bonds. The summed E-state index contributed by atoms with van der Waals surface area (Å²) in [6, 6.07) is 15.3. The van der Waals surface area contributed by atoms with Crippen molar-refractivity contribution in [3.05, 3.63) is 71.8 Å². The molecule has 4 nitrogen and oxygen atoms in total. The molecule has 0 fully saturated rings. The monoisotopic (exact) mass is 366 g/mol. The van der Waals surface area contributed by atoms with Gasteiger partial charge in [-0.3, -0.25) is 4.79 Å². The fourth-order valence-corrected chi connectivity index (χ4v) is 2.57. The van der Waals surface area contributed by atoms with Crippen molar-refractivity contribution in [3.63, 3.8) is 0 Å². The Kier molecular flexibility index (Phi) is 6.11. The van der Waals surface area contributed by atoms with Gasteiger partial charge >= 0.3 is 0 Å². The van der Waals surface area contributed by atoms with Crippen LogP contribution in [0.4, 0.5) is 5.69 Å². The molecule has 2 aromatic rings. The summed E-state index contributed by atoms with van der Waals surface area (Å²) in [5.41, 5.74) is 3.84. The first-order valence-corrected chi connectivity index (χ1v) is 9.06. The molecule has 0 spiro atoms. The van der Waals surface area contributed by atoms with Crippen molar-refractivity contribution in [2.24, 2.45) is 0 Å². The smallest absolute Gasteiger partial charge is 0.255 e. The highest BCUT2D eigenvalue weighted by molar-refractivity contribution is 6.04. The average Bonchev–Trinajstić information content (AvgIpc) is 2.61. The van der Waals surface area contributed by atoms with Gasteiger partial charge in [0.25, 0.3) is 5.91 Å². The lowest BCUT2D eigenvalue weighted by Crippen LogP contribution is -2.39. The maximum absolute atomic E-state index is 12.5. The van der Waals surface area contributed by atoms with E-state index in [4.69, 9.17) is 4.74 Å². The molecule has 0 unspecified atom stereocenters. The SMILES string of the molecule is C=C(NC(C)(C)OC)c1ccc(C(=O)Nc2ccc(C(C)(C)C)cc2)cc1. The van der Waals surface area contributed by atoms with Crippen LogP contribution >= 0.6 is 0 Å². The molecule has 144 valence electrons. The van der Waals surface area contributed by atoms with Gasteiger partial charge in [0.2, 0.25) is 0 Å². The van der Waals surface area contributed by atoms with Gasteiger partial charge in [-0.2, -0.15) is 0 Å². The molecule has 0 bridgehead atoms. The number of rotatable bonds is 6. The van der Waals surface area contributed by atoms with Gasteiger partial charge in [0.1, 0.15) is 5.72 Å². The number of amides is 1. The van der Waals surface area contributed by atoms with Crippen molar-refractivity contribution in [1.29, 1.82) is 0 Å². The minimum atomic E-state index is -0.508. The first-order chi connectivity index (χ1) is 12.5. The number of anilines is 1. The number of carbonyl (C=O) groups is 1. The summed E-state index contributed by atoms with van der Waals surface area (Å²) in [7, 11) is 1.64. The second kappa shape index (κ2) is 7.97. The van der Waals surface area contributed by atoms with E-state index in [1.54, 1.807) is 19.2 Å². The van der Waals surface area contributed by atoms with Crippen LogP contribution < -0.4 is 10.6 Å². The van der Waals surface area contributed by atoms with Gasteiger partial charge in [-0.05, 0) is 54.7 Å². The van der Waals surface area contributed by atoms with E-state index in [1.807, 2.05) is 50.2 Å². The third-order valence-corrected chi connectivity index (χ3v) is 4.47. The highest BCUT2D eigenvalue weighted by Crippen LogP contribution is 2.24. The van der Waals surface area contributed by atoms with Crippen molar-refractivity contribution in [2.45, 2.75) is 45.8 Å². The number of hydrogen-bond donors (Lipinski definition) is 2. The van der Waals surface area contributed by atoms with Crippen LogP contribution in [0.3, 0.4) is 0 Å². The molecule has 0 aliphatic heterocycles. The molecule has 0 aliphatic carbocycles. The molecule has 0 aromatic heterocycles. The summed E-state index contributed by atoms with van der Waals surface area (Å²) in [5, 5.41) is 6.15. The number of nitrogens with one attached hydrogen (secondary N) is 2. The van der Waals surface area contributed by atoms with Gasteiger partial charge in [0.15, 0.2) is 0 Å².